The number of carbonyl (C=O) groups is 1. The van der Waals surface area contributed by atoms with Gasteiger partial charge in [0.05, 0.1) is 11.7 Å². The van der Waals surface area contributed by atoms with Crippen LogP contribution in [0.3, 0.4) is 0 Å². The Morgan fingerprint density at radius 3 is 2.95 bits per heavy atom. The molecule has 0 aliphatic carbocycles. The van der Waals surface area contributed by atoms with Gasteiger partial charge in [-0.05, 0) is 25.1 Å². The van der Waals surface area contributed by atoms with Gasteiger partial charge in [0.1, 0.15) is 18.1 Å². The number of aldehydes is 1. The van der Waals surface area contributed by atoms with Gasteiger partial charge in [0.25, 0.3) is 0 Å². The van der Waals surface area contributed by atoms with E-state index in [1.807, 2.05) is 49.1 Å². The lowest BCUT2D eigenvalue weighted by molar-refractivity contribution is 0.111. The topological polar surface area (TPSA) is 57.0 Å². The normalized spacial score (nSPS) is 10.8. The van der Waals surface area contributed by atoms with Crippen molar-refractivity contribution in [2.75, 3.05) is 0 Å². The van der Waals surface area contributed by atoms with Gasteiger partial charge in [-0.15, -0.1) is 0 Å². The van der Waals surface area contributed by atoms with Gasteiger partial charge in [-0.3, -0.25) is 9.48 Å². The highest BCUT2D eigenvalue weighted by atomic mass is 16.5. The first-order valence-electron chi connectivity index (χ1n) is 6.64. The van der Waals surface area contributed by atoms with Crippen LogP contribution in [0, 0.1) is 6.92 Å². The van der Waals surface area contributed by atoms with E-state index in [4.69, 9.17) is 4.74 Å². The minimum atomic E-state index is 0.327. The molecule has 0 fully saturated rings. The number of aromatic nitrogens is 3. The van der Waals surface area contributed by atoms with Crippen molar-refractivity contribution in [3.05, 3.63) is 53.5 Å². The van der Waals surface area contributed by atoms with Gasteiger partial charge < -0.3 is 4.74 Å². The highest BCUT2D eigenvalue weighted by Crippen LogP contribution is 2.21. The molecule has 21 heavy (non-hydrogen) atoms. The second kappa shape index (κ2) is 5.36. The van der Waals surface area contributed by atoms with Crippen molar-refractivity contribution < 1.29 is 9.53 Å². The molecule has 0 radical (unpaired) electrons. The molecule has 0 amide bonds. The van der Waals surface area contributed by atoms with Crippen LogP contribution in [0.1, 0.15) is 21.7 Å². The van der Waals surface area contributed by atoms with Crippen LogP contribution in [0.4, 0.5) is 0 Å². The average molecular weight is 281 g/mol. The van der Waals surface area contributed by atoms with Crippen LogP contribution < -0.4 is 4.74 Å². The molecule has 0 saturated carbocycles. The number of hydrogen-bond donors (Lipinski definition) is 0. The molecule has 0 bridgehead atoms. The van der Waals surface area contributed by atoms with E-state index < -0.39 is 0 Å². The fourth-order valence-electron chi connectivity index (χ4n) is 2.29. The Balaban J connectivity index is 1.88. The third kappa shape index (κ3) is 2.50. The third-order valence-corrected chi connectivity index (χ3v) is 3.40. The Bertz CT molecular complexity index is 808. The van der Waals surface area contributed by atoms with Crippen molar-refractivity contribution in [1.29, 1.82) is 0 Å². The highest BCUT2D eigenvalue weighted by molar-refractivity contribution is 5.82. The molecule has 1 aromatic carbocycles. The molecule has 0 unspecified atom stereocenters. The van der Waals surface area contributed by atoms with Gasteiger partial charge in [-0.2, -0.15) is 5.10 Å². The van der Waals surface area contributed by atoms with Crippen LogP contribution in [0.5, 0.6) is 5.75 Å². The van der Waals surface area contributed by atoms with Crippen molar-refractivity contribution in [2.24, 2.45) is 7.05 Å². The first-order valence-corrected chi connectivity index (χ1v) is 6.64. The number of benzene rings is 1. The summed E-state index contributed by atoms with van der Waals surface area (Å²) in [6.45, 7) is 2.21. The van der Waals surface area contributed by atoms with Crippen LogP contribution in [-0.2, 0) is 13.7 Å². The van der Waals surface area contributed by atoms with Crippen molar-refractivity contribution in [3.63, 3.8) is 0 Å². The molecule has 2 heterocycles. The Kier molecular flexibility index (Phi) is 3.39. The molecule has 0 N–H and O–H groups in total. The summed E-state index contributed by atoms with van der Waals surface area (Å²) in [4.78, 5) is 15.2. The largest absolute Gasteiger partial charge is 0.486 e. The lowest BCUT2D eigenvalue weighted by Crippen LogP contribution is -2.01. The Labute approximate surface area is 122 Å². The molecule has 0 atom stereocenters. The molecule has 106 valence electrons. The van der Waals surface area contributed by atoms with E-state index >= 15 is 0 Å². The number of ether oxygens (including phenoxy) is 1. The van der Waals surface area contributed by atoms with Gasteiger partial charge in [0, 0.05) is 23.7 Å². The van der Waals surface area contributed by atoms with Crippen LogP contribution >= 0.6 is 0 Å². The lowest BCUT2D eigenvalue weighted by atomic mass is 10.1. The van der Waals surface area contributed by atoms with Crippen LogP contribution in [0.2, 0.25) is 0 Å². The van der Waals surface area contributed by atoms with E-state index in [1.54, 1.807) is 6.07 Å². The van der Waals surface area contributed by atoms with Crippen molar-refractivity contribution in [3.8, 4) is 5.75 Å². The maximum atomic E-state index is 11.1. The van der Waals surface area contributed by atoms with Crippen LogP contribution in [0.25, 0.3) is 10.9 Å². The summed E-state index contributed by atoms with van der Waals surface area (Å²) < 4.78 is 7.58. The van der Waals surface area contributed by atoms with Crippen LogP contribution in [-0.4, -0.2) is 21.1 Å². The average Bonchev–Trinajstić information content (AvgIpc) is 2.88. The summed E-state index contributed by atoms with van der Waals surface area (Å²) in [5.74, 6) is 0.497. The van der Waals surface area contributed by atoms with Gasteiger partial charge in [-0.1, -0.05) is 12.1 Å². The van der Waals surface area contributed by atoms with Crippen molar-refractivity contribution in [1.82, 2.24) is 14.8 Å². The highest BCUT2D eigenvalue weighted by Gasteiger charge is 2.08. The van der Waals surface area contributed by atoms with Crippen molar-refractivity contribution >= 4 is 17.2 Å². The predicted molar refractivity (Wildman–Crippen MR) is 79.4 cm³/mol. The molecular formula is C16H15N3O2. The standard InChI is InChI=1S/C16H15N3O2/c1-11-6-7-16(14(9-20)18-11)21-10-12-4-3-5-15-13(12)8-17-19(15)2/h3-9H,10H2,1-2H3. The minimum Gasteiger partial charge on any atom is -0.486 e. The monoisotopic (exact) mass is 281 g/mol. The van der Waals surface area contributed by atoms with Crippen molar-refractivity contribution in [2.45, 2.75) is 13.5 Å². The number of fused-ring (bicyclic) bond motifs is 1. The Morgan fingerprint density at radius 1 is 1.29 bits per heavy atom. The van der Waals surface area contributed by atoms with E-state index in [0.717, 1.165) is 22.2 Å². The molecule has 5 nitrogen and oxygen atoms in total. The smallest absolute Gasteiger partial charge is 0.172 e. The number of hydrogen-bond acceptors (Lipinski definition) is 4. The predicted octanol–water partition coefficient (Wildman–Crippen LogP) is 2.67. The second-order valence-corrected chi connectivity index (χ2v) is 4.86. The van der Waals surface area contributed by atoms with E-state index in [0.29, 0.717) is 24.3 Å². The fourth-order valence-corrected chi connectivity index (χ4v) is 2.29. The van der Waals surface area contributed by atoms with Gasteiger partial charge in [-0.25, -0.2) is 4.98 Å². The van der Waals surface area contributed by atoms with E-state index in [9.17, 15) is 4.79 Å². The number of pyridine rings is 1. The lowest BCUT2D eigenvalue weighted by Gasteiger charge is -2.09. The number of nitrogens with zero attached hydrogens (tertiary/aromatic N) is 3. The summed E-state index contributed by atoms with van der Waals surface area (Å²) in [6.07, 6.45) is 2.54. The molecule has 3 aromatic rings. The van der Waals surface area contributed by atoms with E-state index in [1.165, 1.54) is 0 Å². The van der Waals surface area contributed by atoms with Gasteiger partial charge in [0.2, 0.25) is 0 Å². The fraction of sp³-hybridized carbons (Fsp3) is 0.188. The minimum absolute atomic E-state index is 0.327. The maximum Gasteiger partial charge on any atom is 0.172 e. The summed E-state index contributed by atoms with van der Waals surface area (Å²) in [7, 11) is 1.90. The summed E-state index contributed by atoms with van der Waals surface area (Å²) >= 11 is 0. The number of rotatable bonds is 4. The zero-order valence-corrected chi connectivity index (χ0v) is 11.9. The summed E-state index contributed by atoms with van der Waals surface area (Å²) in [6, 6.07) is 9.57. The van der Waals surface area contributed by atoms with Gasteiger partial charge >= 0.3 is 0 Å². The maximum absolute atomic E-state index is 11.1. The van der Waals surface area contributed by atoms with Crippen LogP contribution in [0.15, 0.2) is 36.5 Å². The van der Waals surface area contributed by atoms with E-state index in [2.05, 4.69) is 10.1 Å². The Hall–Kier alpha value is -2.69. The molecule has 3 rings (SSSR count). The molecule has 0 aliphatic rings. The molecule has 2 aromatic heterocycles. The molecule has 5 heteroatoms. The first-order chi connectivity index (χ1) is 10.2. The van der Waals surface area contributed by atoms with E-state index in [-0.39, 0.29) is 0 Å². The molecule has 0 saturated heterocycles. The number of carbonyl (C=O) groups excluding carboxylic acids is 1. The number of aryl methyl sites for hydroxylation is 2. The summed E-state index contributed by atoms with van der Waals surface area (Å²) in [5.41, 5.74) is 3.19. The first kappa shape index (κ1) is 13.3. The Morgan fingerprint density at radius 2 is 2.14 bits per heavy atom. The SMILES string of the molecule is Cc1ccc(OCc2cccc3c2cnn3C)c(C=O)n1. The zero-order valence-electron chi connectivity index (χ0n) is 11.9. The summed E-state index contributed by atoms with van der Waals surface area (Å²) in [5, 5.41) is 5.30. The molecule has 0 aliphatic heterocycles. The third-order valence-electron chi connectivity index (χ3n) is 3.40. The second-order valence-electron chi connectivity index (χ2n) is 4.86. The van der Waals surface area contributed by atoms with Gasteiger partial charge in [0.15, 0.2) is 6.29 Å². The zero-order chi connectivity index (χ0) is 14.8. The molecule has 0 spiro atoms. The molecular weight excluding hydrogens is 266 g/mol. The quantitative estimate of drug-likeness (QED) is 0.690.